The molecule has 4 rings (SSSR count). The van der Waals surface area contributed by atoms with Crippen molar-refractivity contribution in [3.63, 3.8) is 0 Å². The third-order valence-electron chi connectivity index (χ3n) is 7.14. The molecule has 0 saturated heterocycles. The van der Waals surface area contributed by atoms with Crippen LogP contribution >= 0.6 is 0 Å². The number of benzene rings is 3. The zero-order valence-electron chi connectivity index (χ0n) is 20.4. The molecule has 0 amide bonds. The van der Waals surface area contributed by atoms with Crippen LogP contribution in [-0.2, 0) is 0 Å². The van der Waals surface area contributed by atoms with E-state index < -0.39 is 23.6 Å². The molecule has 3 aromatic rings. The Balaban J connectivity index is 1.37. The van der Waals surface area contributed by atoms with Crippen LogP contribution in [0, 0.1) is 29.3 Å². The Kier molecular flexibility index (Phi) is 8.32. The molecule has 1 nitrogen and oxygen atoms in total. The summed E-state index contributed by atoms with van der Waals surface area (Å²) in [5.74, 6) is -1.04. The van der Waals surface area contributed by atoms with Gasteiger partial charge in [-0.05, 0) is 71.3 Å². The Morgan fingerprint density at radius 2 is 1.25 bits per heavy atom. The van der Waals surface area contributed by atoms with Gasteiger partial charge in [-0.3, -0.25) is 0 Å². The van der Waals surface area contributed by atoms with Crippen molar-refractivity contribution in [1.29, 1.82) is 0 Å². The van der Waals surface area contributed by atoms with Gasteiger partial charge in [0.2, 0.25) is 0 Å². The first-order valence-corrected chi connectivity index (χ1v) is 12.7. The lowest BCUT2D eigenvalue weighted by Crippen LogP contribution is -2.26. The van der Waals surface area contributed by atoms with E-state index in [9.17, 15) is 22.0 Å². The van der Waals surface area contributed by atoms with E-state index in [1.165, 1.54) is 61.4 Å². The van der Waals surface area contributed by atoms with Gasteiger partial charge in [0.15, 0.2) is 0 Å². The van der Waals surface area contributed by atoms with E-state index in [0.717, 1.165) is 43.7 Å². The highest BCUT2D eigenvalue weighted by Gasteiger charge is 2.33. The molecule has 1 saturated carbocycles. The largest absolute Gasteiger partial charge is 0.433 e. The average molecular weight is 503 g/mol. The SMILES string of the molecule is CCCC1CCC(CCC(F)(F)Oc2ccc(-c3cc(F)c(-c4ccc(F)cc4)c(F)c3)cc2)CC1. The van der Waals surface area contributed by atoms with Gasteiger partial charge < -0.3 is 4.74 Å². The van der Waals surface area contributed by atoms with Gasteiger partial charge >= 0.3 is 6.11 Å². The lowest BCUT2D eigenvalue weighted by atomic mass is 9.78. The average Bonchev–Trinajstić information content (AvgIpc) is 2.85. The van der Waals surface area contributed by atoms with E-state index in [2.05, 4.69) is 6.92 Å². The molecule has 0 aromatic heterocycles. The van der Waals surface area contributed by atoms with Crippen LogP contribution in [-0.4, -0.2) is 6.11 Å². The van der Waals surface area contributed by atoms with Crippen LogP contribution < -0.4 is 4.74 Å². The summed E-state index contributed by atoms with van der Waals surface area (Å²) in [5, 5.41) is 0. The van der Waals surface area contributed by atoms with Crippen molar-refractivity contribution in [1.82, 2.24) is 0 Å². The van der Waals surface area contributed by atoms with Gasteiger partial charge in [0, 0.05) is 0 Å². The Morgan fingerprint density at radius 1 is 0.722 bits per heavy atom. The first kappa shape index (κ1) is 26.2. The second-order valence-corrected chi connectivity index (χ2v) is 9.80. The Labute approximate surface area is 209 Å². The molecule has 0 heterocycles. The fraction of sp³-hybridized carbons (Fsp3) is 0.400. The van der Waals surface area contributed by atoms with Crippen molar-refractivity contribution in [3.05, 3.63) is 78.1 Å². The molecule has 0 bridgehead atoms. The first-order chi connectivity index (χ1) is 17.2. The number of ether oxygens (including phenoxy) is 1. The highest BCUT2D eigenvalue weighted by molar-refractivity contribution is 5.72. The van der Waals surface area contributed by atoms with Gasteiger partial charge in [0.25, 0.3) is 0 Å². The summed E-state index contributed by atoms with van der Waals surface area (Å²) in [4.78, 5) is 0. The minimum atomic E-state index is -3.28. The molecule has 0 spiro atoms. The summed E-state index contributed by atoms with van der Waals surface area (Å²) >= 11 is 0. The van der Waals surface area contributed by atoms with Crippen molar-refractivity contribution in [2.24, 2.45) is 11.8 Å². The zero-order valence-corrected chi connectivity index (χ0v) is 20.4. The van der Waals surface area contributed by atoms with E-state index in [0.29, 0.717) is 17.9 Å². The maximum atomic E-state index is 14.7. The minimum absolute atomic E-state index is 0.000666. The van der Waals surface area contributed by atoms with E-state index in [1.54, 1.807) is 0 Å². The summed E-state index contributed by atoms with van der Waals surface area (Å²) in [6.07, 6.45) is 3.46. The number of hydrogen-bond donors (Lipinski definition) is 0. The molecule has 0 radical (unpaired) electrons. The van der Waals surface area contributed by atoms with Crippen molar-refractivity contribution in [2.45, 2.75) is 64.4 Å². The standard InChI is InChI=1S/C30H31F5O/c1-2-3-20-4-6-21(7-5-20)16-17-30(34,35)36-26-14-10-22(11-15-26)24-18-27(32)29(28(33)19-24)23-8-12-25(31)13-9-23/h8-15,18-21H,2-7,16-17H2,1H3. The predicted octanol–water partition coefficient (Wildman–Crippen LogP) is 9.80. The number of alkyl halides is 2. The monoisotopic (exact) mass is 502 g/mol. The van der Waals surface area contributed by atoms with Gasteiger partial charge in [0.1, 0.15) is 23.2 Å². The van der Waals surface area contributed by atoms with Gasteiger partial charge in [0.05, 0.1) is 12.0 Å². The van der Waals surface area contributed by atoms with Gasteiger partial charge in [-0.25, -0.2) is 13.2 Å². The summed E-state index contributed by atoms with van der Waals surface area (Å²) in [5.41, 5.74) is 0.681. The van der Waals surface area contributed by atoms with Crippen LogP contribution in [0.15, 0.2) is 60.7 Å². The third-order valence-corrected chi connectivity index (χ3v) is 7.14. The van der Waals surface area contributed by atoms with Crippen LogP contribution in [0.1, 0.15) is 58.3 Å². The third kappa shape index (κ3) is 6.65. The van der Waals surface area contributed by atoms with Crippen LogP contribution in [0.25, 0.3) is 22.3 Å². The summed E-state index contributed by atoms with van der Waals surface area (Å²) in [7, 11) is 0. The van der Waals surface area contributed by atoms with E-state index in [1.807, 2.05) is 0 Å². The summed E-state index contributed by atoms with van der Waals surface area (Å²) in [6.45, 7) is 2.18. The van der Waals surface area contributed by atoms with Crippen LogP contribution in [0.3, 0.4) is 0 Å². The molecule has 1 fully saturated rings. The smallest absolute Gasteiger partial charge is 0.397 e. The molecule has 1 aliphatic rings. The van der Waals surface area contributed by atoms with Gasteiger partial charge in [-0.2, -0.15) is 8.78 Å². The Bertz CT molecular complexity index is 1110. The van der Waals surface area contributed by atoms with Gasteiger partial charge in [-0.1, -0.05) is 69.7 Å². The predicted molar refractivity (Wildman–Crippen MR) is 132 cm³/mol. The molecule has 192 valence electrons. The molecular formula is C30H31F5O. The molecule has 0 atom stereocenters. The minimum Gasteiger partial charge on any atom is -0.433 e. The molecule has 36 heavy (non-hydrogen) atoms. The topological polar surface area (TPSA) is 9.23 Å². The lowest BCUT2D eigenvalue weighted by Gasteiger charge is -2.29. The Hall–Kier alpha value is -2.89. The summed E-state index contributed by atoms with van der Waals surface area (Å²) in [6, 6.07) is 13.0. The van der Waals surface area contributed by atoms with Crippen molar-refractivity contribution in [2.75, 3.05) is 0 Å². The molecular weight excluding hydrogens is 471 g/mol. The fourth-order valence-corrected chi connectivity index (χ4v) is 5.16. The molecule has 0 unspecified atom stereocenters. The molecule has 3 aromatic carbocycles. The molecule has 0 aliphatic heterocycles. The van der Waals surface area contributed by atoms with Gasteiger partial charge in [-0.15, -0.1) is 0 Å². The molecule has 6 heteroatoms. The first-order valence-electron chi connectivity index (χ1n) is 12.7. The van der Waals surface area contributed by atoms with E-state index in [4.69, 9.17) is 4.74 Å². The highest BCUT2D eigenvalue weighted by Crippen LogP contribution is 2.37. The number of halogens is 5. The Morgan fingerprint density at radius 3 is 1.81 bits per heavy atom. The second-order valence-electron chi connectivity index (χ2n) is 9.80. The van der Waals surface area contributed by atoms with E-state index in [-0.39, 0.29) is 28.9 Å². The van der Waals surface area contributed by atoms with E-state index >= 15 is 0 Å². The van der Waals surface area contributed by atoms with Crippen LogP contribution in [0.4, 0.5) is 22.0 Å². The molecule has 0 N–H and O–H groups in total. The quantitative estimate of drug-likeness (QED) is 0.265. The van der Waals surface area contributed by atoms with Crippen molar-refractivity contribution < 1.29 is 26.7 Å². The fourth-order valence-electron chi connectivity index (χ4n) is 5.16. The number of rotatable bonds is 9. The summed E-state index contributed by atoms with van der Waals surface area (Å²) < 4.78 is 76.5. The highest BCUT2D eigenvalue weighted by atomic mass is 19.3. The maximum Gasteiger partial charge on any atom is 0.397 e. The maximum absolute atomic E-state index is 14.7. The zero-order chi connectivity index (χ0) is 25.7. The second kappa shape index (κ2) is 11.4. The normalized spacial score (nSPS) is 18.3. The lowest BCUT2D eigenvalue weighted by molar-refractivity contribution is -0.183. The number of hydrogen-bond acceptors (Lipinski definition) is 1. The van der Waals surface area contributed by atoms with Crippen LogP contribution in [0.2, 0.25) is 0 Å². The molecule has 1 aliphatic carbocycles. The van der Waals surface area contributed by atoms with Crippen molar-refractivity contribution >= 4 is 0 Å². The van der Waals surface area contributed by atoms with Crippen LogP contribution in [0.5, 0.6) is 5.75 Å². The van der Waals surface area contributed by atoms with Crippen molar-refractivity contribution in [3.8, 4) is 28.0 Å².